The zero-order valence-electron chi connectivity index (χ0n) is 41.6. The number of fused-ring (bicyclic) bond motifs is 8. The smallest absolute Gasteiger partial charge is 0.00137 e. The highest BCUT2D eigenvalue weighted by Gasteiger charge is 2.26. The Kier molecular flexibility index (Phi) is 9.44. The Morgan fingerprint density at radius 2 is 0.553 bits per heavy atom. The zero-order chi connectivity index (χ0) is 49.8. The minimum Gasteiger partial charge on any atom is -0.0622 e. The first-order valence-corrected chi connectivity index (χ1v) is 26.5. The average Bonchev–Trinajstić information content (AvgIpc) is 3.50. The summed E-state index contributed by atoms with van der Waals surface area (Å²) in [6.45, 7) is 0. The predicted octanol–water partition coefficient (Wildman–Crippen LogP) is 21.0. The van der Waals surface area contributed by atoms with Gasteiger partial charge in [0.25, 0.3) is 0 Å². The largest absolute Gasteiger partial charge is 0.0622 e. The van der Waals surface area contributed by atoms with Crippen LogP contribution in [0.4, 0.5) is 0 Å². The van der Waals surface area contributed by atoms with Crippen molar-refractivity contribution in [3.63, 3.8) is 0 Å². The zero-order valence-corrected chi connectivity index (χ0v) is 41.6. The molecule has 0 radical (unpaired) electrons. The summed E-state index contributed by atoms with van der Waals surface area (Å²) in [5, 5.41) is 19.8. The second-order valence-corrected chi connectivity index (χ2v) is 20.6. The van der Waals surface area contributed by atoms with Crippen molar-refractivity contribution in [2.24, 2.45) is 0 Å². The molecule has 14 aromatic carbocycles. The third-order valence-electron chi connectivity index (χ3n) is 16.5. The summed E-state index contributed by atoms with van der Waals surface area (Å²) < 4.78 is 0. The lowest BCUT2D eigenvalue weighted by molar-refractivity contribution is 1.52. The second kappa shape index (κ2) is 16.8. The molecule has 0 bridgehead atoms. The first kappa shape index (κ1) is 42.6. The molecular formula is C76H46. The minimum absolute atomic E-state index is 1.20. The molecule has 2 aliphatic carbocycles. The average molecular weight is 959 g/mol. The van der Waals surface area contributed by atoms with Gasteiger partial charge in [0.2, 0.25) is 0 Å². The van der Waals surface area contributed by atoms with Crippen LogP contribution in [-0.2, 0) is 0 Å². The van der Waals surface area contributed by atoms with E-state index < -0.39 is 0 Å². The Labute approximate surface area is 440 Å². The molecule has 14 aromatic rings. The highest BCUT2D eigenvalue weighted by atomic mass is 14.3. The quantitative estimate of drug-likeness (QED) is 0.140. The van der Waals surface area contributed by atoms with E-state index in [0.717, 1.165) is 0 Å². The minimum atomic E-state index is 1.20. The number of benzene rings is 14. The molecule has 2 aliphatic rings. The lowest BCUT2D eigenvalue weighted by Gasteiger charge is -2.25. The van der Waals surface area contributed by atoms with E-state index in [9.17, 15) is 0 Å². The van der Waals surface area contributed by atoms with E-state index >= 15 is 0 Å². The molecule has 0 aromatic heterocycles. The summed E-state index contributed by atoms with van der Waals surface area (Å²) in [6.07, 6.45) is 11.3. The van der Waals surface area contributed by atoms with Crippen LogP contribution in [0.2, 0.25) is 0 Å². The maximum Gasteiger partial charge on any atom is -0.00137 e. The van der Waals surface area contributed by atoms with E-state index in [2.05, 4.69) is 279 Å². The van der Waals surface area contributed by atoms with Crippen LogP contribution in [0.1, 0.15) is 16.7 Å². The van der Waals surface area contributed by atoms with Crippen LogP contribution in [0.25, 0.3) is 147 Å². The van der Waals surface area contributed by atoms with E-state index in [1.54, 1.807) is 0 Å². The molecule has 0 N–H and O–H groups in total. The van der Waals surface area contributed by atoms with Crippen LogP contribution in [-0.4, -0.2) is 0 Å². The molecule has 0 heterocycles. The van der Waals surface area contributed by atoms with Gasteiger partial charge in [-0.2, -0.15) is 0 Å². The van der Waals surface area contributed by atoms with E-state index in [1.807, 2.05) is 0 Å². The number of hydrogen-bond acceptors (Lipinski definition) is 0. The molecule has 0 saturated heterocycles. The van der Waals surface area contributed by atoms with Gasteiger partial charge in [-0.3, -0.25) is 0 Å². The monoisotopic (exact) mass is 958 g/mol. The van der Waals surface area contributed by atoms with Gasteiger partial charge in [0.1, 0.15) is 0 Å². The van der Waals surface area contributed by atoms with Crippen molar-refractivity contribution >= 4 is 103 Å². The second-order valence-electron chi connectivity index (χ2n) is 20.6. The third-order valence-corrected chi connectivity index (χ3v) is 16.5. The van der Waals surface area contributed by atoms with Gasteiger partial charge in [0, 0.05) is 0 Å². The number of rotatable bonds is 7. The van der Waals surface area contributed by atoms with Crippen molar-refractivity contribution in [3.8, 4) is 44.5 Å². The highest BCUT2D eigenvalue weighted by Crippen LogP contribution is 2.53. The molecule has 0 spiro atoms. The molecule has 0 atom stereocenters. The summed E-state index contributed by atoms with van der Waals surface area (Å²) in [5.74, 6) is 0. The Morgan fingerprint density at radius 1 is 0.197 bits per heavy atom. The molecule has 0 unspecified atom stereocenters. The van der Waals surface area contributed by atoms with Gasteiger partial charge in [-0.15, -0.1) is 0 Å². The van der Waals surface area contributed by atoms with Crippen molar-refractivity contribution in [2.75, 3.05) is 0 Å². The normalized spacial score (nSPS) is 13.2. The van der Waals surface area contributed by atoms with Crippen molar-refractivity contribution in [3.05, 3.63) is 296 Å². The van der Waals surface area contributed by atoms with E-state index in [1.165, 1.54) is 164 Å². The molecule has 0 fully saturated rings. The summed E-state index contributed by atoms with van der Waals surface area (Å²) in [7, 11) is 0. The molecule has 0 amide bonds. The van der Waals surface area contributed by atoms with Crippen molar-refractivity contribution in [1.29, 1.82) is 0 Å². The topological polar surface area (TPSA) is 0 Å². The van der Waals surface area contributed by atoms with Crippen LogP contribution in [0.5, 0.6) is 0 Å². The molecule has 76 heavy (non-hydrogen) atoms. The highest BCUT2D eigenvalue weighted by molar-refractivity contribution is 6.32. The summed E-state index contributed by atoms with van der Waals surface area (Å²) in [4.78, 5) is 0. The Balaban J connectivity index is 1.04. The van der Waals surface area contributed by atoms with Crippen LogP contribution in [0.3, 0.4) is 0 Å². The van der Waals surface area contributed by atoms with Crippen LogP contribution < -0.4 is 0 Å². The maximum atomic E-state index is 2.55. The first-order valence-electron chi connectivity index (χ1n) is 26.5. The van der Waals surface area contributed by atoms with Crippen molar-refractivity contribution in [1.82, 2.24) is 0 Å². The SMILES string of the molecule is C1=CC(c2ccccc2C2=CC(c3c4ccccc4c(-c4ccc5c(-c6c7ccccc7cc7ccccc67)c6cc(-c7ccccc7)ccc6c(-c6c7ccccc7cc7ccccc67)c5c4)c4ccccc34)=C2)=C1. The first-order chi connectivity index (χ1) is 37.7. The fraction of sp³-hybridized carbons (Fsp3) is 0. The van der Waals surface area contributed by atoms with Crippen molar-refractivity contribution in [2.45, 2.75) is 0 Å². The lowest BCUT2D eigenvalue weighted by atomic mass is 9.78. The molecule has 350 valence electrons. The maximum absolute atomic E-state index is 2.55. The Hall–Kier alpha value is -9.88. The van der Waals surface area contributed by atoms with Crippen LogP contribution in [0, 0.1) is 0 Å². The van der Waals surface area contributed by atoms with Gasteiger partial charge >= 0.3 is 0 Å². The molecular weight excluding hydrogens is 913 g/mol. The van der Waals surface area contributed by atoms with Gasteiger partial charge in [0.05, 0.1) is 0 Å². The van der Waals surface area contributed by atoms with Crippen LogP contribution >= 0.6 is 0 Å². The molecule has 0 aliphatic heterocycles. The molecule has 0 saturated carbocycles. The predicted molar refractivity (Wildman–Crippen MR) is 328 cm³/mol. The van der Waals surface area contributed by atoms with Gasteiger partial charge in [-0.1, -0.05) is 243 Å². The summed E-state index contributed by atoms with van der Waals surface area (Å²) in [6, 6.07) is 93.3. The number of allylic oxidation sites excluding steroid dienone is 8. The summed E-state index contributed by atoms with van der Waals surface area (Å²) >= 11 is 0. The van der Waals surface area contributed by atoms with Crippen LogP contribution in [0.15, 0.2) is 279 Å². The van der Waals surface area contributed by atoms with Gasteiger partial charge in [-0.25, -0.2) is 0 Å². The molecule has 0 heteroatoms. The third kappa shape index (κ3) is 6.44. The summed E-state index contributed by atoms with van der Waals surface area (Å²) in [5.41, 5.74) is 17.5. The van der Waals surface area contributed by atoms with Gasteiger partial charge < -0.3 is 0 Å². The Morgan fingerprint density at radius 3 is 1.01 bits per heavy atom. The van der Waals surface area contributed by atoms with E-state index in [4.69, 9.17) is 0 Å². The van der Waals surface area contributed by atoms with Gasteiger partial charge in [0.15, 0.2) is 0 Å². The Bertz CT molecular complexity index is 4790. The fourth-order valence-electron chi connectivity index (χ4n) is 13.0. The number of hydrogen-bond donors (Lipinski definition) is 0. The van der Waals surface area contributed by atoms with Crippen molar-refractivity contribution < 1.29 is 0 Å². The van der Waals surface area contributed by atoms with Gasteiger partial charge in [-0.05, 0) is 201 Å². The molecule has 0 nitrogen and oxygen atoms in total. The fourth-order valence-corrected chi connectivity index (χ4v) is 13.0. The standard InChI is InChI=1S/C76H46/c1-2-19-47(20-3-1)49-37-39-67-69(45-49)75(73-59-29-8-4-21-50(59)41-51-22-5-9-30-60(51)73)68-40-38-54(46-70(68)76(67)74-61-31-10-6-23-52(61)42-53-24-7-11-32-62(53)74)71-63-33-14-16-35-65(63)72(66-36-17-15-34-64(66)71)56-43-55(44-56)58-28-13-12-27-57(58)48-25-18-26-48/h1-46H. The van der Waals surface area contributed by atoms with E-state index in [0.29, 0.717) is 0 Å². The lowest BCUT2D eigenvalue weighted by Crippen LogP contribution is -2.01. The molecule has 16 rings (SSSR count). The van der Waals surface area contributed by atoms with E-state index in [-0.39, 0.29) is 0 Å².